The topological polar surface area (TPSA) is 189 Å². The number of allylic oxidation sites excluding steroid dienone is 1. The molecule has 4 N–H and O–H groups in total. The number of hydrogen-bond donors (Lipinski definition) is 4. The van der Waals surface area contributed by atoms with Gasteiger partial charge in [-0.15, -0.1) is 6.58 Å². The van der Waals surface area contributed by atoms with E-state index < -0.39 is 49.9 Å². The van der Waals surface area contributed by atoms with Crippen molar-refractivity contribution in [2.75, 3.05) is 26.4 Å². The lowest BCUT2D eigenvalue weighted by Crippen LogP contribution is -2.35. The van der Waals surface area contributed by atoms with Crippen molar-refractivity contribution in [1.82, 2.24) is 0 Å². The number of phenolic OH excluding ortho intramolecular Hbond substituents is 2. The van der Waals surface area contributed by atoms with Crippen molar-refractivity contribution in [3.05, 3.63) is 251 Å². The van der Waals surface area contributed by atoms with E-state index in [4.69, 9.17) is 56.5 Å². The number of hydrogen-bond acceptors (Lipinski definition) is 14. The van der Waals surface area contributed by atoms with Gasteiger partial charge >= 0.3 is 5.97 Å². The summed E-state index contributed by atoms with van der Waals surface area (Å²) in [4.78, 5) is 21.3. The first kappa shape index (κ1) is 120. The first-order valence-corrected chi connectivity index (χ1v) is 65.2. The molecule has 0 saturated heterocycles. The van der Waals surface area contributed by atoms with Gasteiger partial charge in [-0.2, -0.15) is 0 Å². The van der Waals surface area contributed by atoms with Gasteiger partial charge in [-0.05, 0) is 295 Å². The highest BCUT2D eigenvalue weighted by Crippen LogP contribution is 2.34. The second-order valence-corrected chi connectivity index (χ2v) is 71.1. The zero-order valence-electron chi connectivity index (χ0n) is 88.4. The van der Waals surface area contributed by atoms with E-state index in [-0.39, 0.29) is 62.5 Å². The maximum atomic E-state index is 10.8. The molecule has 0 radical (unpaired) electrons. The van der Waals surface area contributed by atoms with Crippen LogP contribution in [0.25, 0.3) is 0 Å². The Balaban J connectivity index is 0.000000748. The quantitative estimate of drug-likeness (QED) is 0.0165. The summed E-state index contributed by atoms with van der Waals surface area (Å²) in [7, 11) is -10.6. The van der Waals surface area contributed by atoms with Crippen LogP contribution in [0.1, 0.15) is 231 Å². The number of ether oxygens (including phenoxy) is 2. The Labute approximate surface area is 797 Å². The van der Waals surface area contributed by atoms with Crippen LogP contribution in [0, 0.1) is 0 Å². The number of aliphatic hydroxyl groups excluding tert-OH is 2. The Morgan fingerprint density at radius 3 is 0.646 bits per heavy atom. The van der Waals surface area contributed by atoms with Crippen LogP contribution in [0.5, 0.6) is 46.0 Å². The van der Waals surface area contributed by atoms with Gasteiger partial charge in [0.1, 0.15) is 52.3 Å². The third kappa shape index (κ3) is 52.6. The fraction of sp³-hybridized carbons (Fsp3) is 0.527. The summed E-state index contributed by atoms with van der Waals surface area (Å²) in [6.45, 7) is 89.4. The molecule has 0 saturated carbocycles. The van der Waals surface area contributed by atoms with Crippen molar-refractivity contribution in [3.8, 4) is 46.0 Å². The second kappa shape index (κ2) is 52.8. The first-order valence-electron chi connectivity index (χ1n) is 46.6. The highest BCUT2D eigenvalue weighted by molar-refractivity contribution is 6.74. The lowest BCUT2D eigenvalue weighted by Gasteiger charge is -2.25. The number of esters is 1. The molecule has 726 valence electrons. The maximum Gasteiger partial charge on any atom is 0.302 e. The average Bonchev–Trinajstić information content (AvgIpc) is 0.846. The lowest BCUT2D eigenvalue weighted by molar-refractivity contribution is -0.140. The van der Waals surface area contributed by atoms with E-state index in [1.54, 1.807) is 24.3 Å². The monoisotopic (exact) mass is 1890 g/mol. The molecular weight excluding hydrogens is 1710 g/mol. The van der Waals surface area contributed by atoms with E-state index in [0.29, 0.717) is 30.3 Å². The van der Waals surface area contributed by atoms with Crippen LogP contribution in [0.3, 0.4) is 0 Å². The van der Waals surface area contributed by atoms with Crippen LogP contribution in [-0.4, -0.2) is 115 Å². The molecule has 8 aromatic rings. The minimum Gasteiger partial charge on any atom is -0.544 e. The highest BCUT2D eigenvalue weighted by atomic mass is 28.4. The number of phenols is 2. The van der Waals surface area contributed by atoms with E-state index in [1.165, 1.54) is 51.4 Å². The van der Waals surface area contributed by atoms with Crippen molar-refractivity contribution in [2.24, 2.45) is 0 Å². The van der Waals surface area contributed by atoms with Gasteiger partial charge in [0, 0.05) is 44.9 Å². The molecule has 20 heteroatoms. The van der Waals surface area contributed by atoms with Crippen molar-refractivity contribution >= 4 is 62.2 Å². The molecule has 130 heavy (non-hydrogen) atoms. The van der Waals surface area contributed by atoms with E-state index in [0.717, 1.165) is 77.6 Å². The van der Waals surface area contributed by atoms with E-state index >= 15 is 0 Å². The summed E-state index contributed by atoms with van der Waals surface area (Å²) in [5.74, 6) is 6.01. The van der Waals surface area contributed by atoms with Crippen molar-refractivity contribution in [2.45, 2.75) is 351 Å². The van der Waals surface area contributed by atoms with Gasteiger partial charge in [-0.3, -0.25) is 4.79 Å². The highest BCUT2D eigenvalue weighted by Gasteiger charge is 2.31. The lowest BCUT2D eigenvalue weighted by atomic mass is 9.87. The fourth-order valence-electron chi connectivity index (χ4n) is 12.3. The van der Waals surface area contributed by atoms with Crippen LogP contribution in [-0.2, 0) is 62.4 Å². The molecule has 0 bridgehead atoms. The normalized spacial score (nSPS) is 12.3. The largest absolute Gasteiger partial charge is 0.544 e. The Morgan fingerprint density at radius 1 is 0.300 bits per heavy atom. The molecule has 0 amide bonds. The molecule has 14 nitrogen and oxygen atoms in total. The Bertz CT molecular complexity index is 4280. The smallest absolute Gasteiger partial charge is 0.302 e. The molecule has 0 aliphatic carbocycles. The second-order valence-electron chi connectivity index (χ2n) is 46.0. The molecule has 0 aromatic heterocycles. The van der Waals surface area contributed by atoms with E-state index in [1.807, 2.05) is 78.9 Å². The van der Waals surface area contributed by atoms with Crippen molar-refractivity contribution < 1.29 is 66.0 Å². The molecule has 8 aromatic carbocycles. The zero-order chi connectivity index (χ0) is 100. The number of carbonyl (C=O) groups is 2. The molecule has 0 heterocycles. The number of aliphatic hydroxyl groups is 2. The number of benzene rings is 8. The number of carbonyl (C=O) groups excluding carboxylic acids is 2. The minimum absolute atomic E-state index is 0.154. The van der Waals surface area contributed by atoms with Gasteiger partial charge < -0.3 is 61.3 Å². The zero-order valence-corrected chi connectivity index (χ0v) is 94.4. The SMILES string of the molecule is C=CC[Si](C)(C)Oc1ccc(C(C)(C)C)cc1.CC(=O)OCC[Si](C)(C)Oc1ccc(C(C)(C)C)cc1.CC(C)(C)c1ccc(O)cc1.CC(C)(C)c1ccc(O)cc1.CC(C)(C)c1ccc(O[Si](C)(C)CC=O)cc1.CC(C)(C)c1ccc(O[Si](C)(C)CCO)cc1.CC(C)(C)c1ccc(O[Si](C)(C)CCO)cc1.CC(C)OCC[Si](C)(C)Oc1ccc(C(C)(C)C)cc1. The van der Waals surface area contributed by atoms with Gasteiger partial charge in [0.2, 0.25) is 41.6 Å². The van der Waals surface area contributed by atoms with Crippen molar-refractivity contribution in [3.63, 3.8) is 0 Å². The van der Waals surface area contributed by atoms with Gasteiger partial charge in [-0.1, -0.05) is 269 Å². The Kier molecular flexibility index (Phi) is 48.8. The van der Waals surface area contributed by atoms with Gasteiger partial charge in [0.15, 0.2) is 0 Å². The Hall–Kier alpha value is -7.78. The van der Waals surface area contributed by atoms with Gasteiger partial charge in [0.25, 0.3) is 8.32 Å². The third-order valence-corrected chi connectivity index (χ3v) is 33.8. The summed E-state index contributed by atoms with van der Waals surface area (Å²) in [6, 6.07) is 69.7. The molecule has 0 fully saturated rings. The third-order valence-electron chi connectivity index (χ3n) is 21.0. The molecule has 8 rings (SSSR count). The number of rotatable bonds is 27. The van der Waals surface area contributed by atoms with Gasteiger partial charge in [-0.25, -0.2) is 0 Å². The predicted molar refractivity (Wildman–Crippen MR) is 570 cm³/mol. The van der Waals surface area contributed by atoms with Crippen LogP contribution in [0.15, 0.2) is 207 Å². The van der Waals surface area contributed by atoms with Gasteiger partial charge in [0.05, 0.1) is 12.7 Å². The summed E-state index contributed by atoms with van der Waals surface area (Å²) < 4.78 is 46.9. The predicted octanol–water partition coefficient (Wildman–Crippen LogP) is 30.1. The first-order chi connectivity index (χ1) is 59.2. The molecule has 0 aliphatic heterocycles. The standard InChI is InChI=1S/C17H30O2Si.C16H26O3Si.C15H24OSi.2C14H24O2Si.C14H22O2Si.2C10H14O/c1-14(2)18-12-13-20(6,7)19-16-10-8-15(9-11-16)17(3,4)5;1-13(17)18-11-12-20(5,6)19-15-9-7-14(8-10-15)16(2,3)4;1-7-12-17(5,6)16-14-10-8-13(9-11-14)15(2,3)4;3*1-14(2,3)12-6-8-13(9-7-12)16-17(4,5)11-10-15;2*1-10(2,3)8-4-6-9(11)7-5-8/h8-11,14H,12-13H2,1-7H3;7-10H,11-12H2,1-6H3;7-11H,1,12H2,2-6H3;2*6-9,15H,10-11H2,1-5H3;6-10H,11H2,1-5H3;2*4-7,11H,1-3H3. The average molecular weight is 1890 g/mol. The molecule has 0 unspecified atom stereocenters. The molecule has 0 atom stereocenters. The summed E-state index contributed by atoms with van der Waals surface area (Å²) in [6.07, 6.45) is 3.21. The van der Waals surface area contributed by atoms with Crippen LogP contribution in [0.2, 0.25) is 115 Å². The van der Waals surface area contributed by atoms with Crippen molar-refractivity contribution in [1.29, 1.82) is 0 Å². The molecule has 0 spiro atoms. The van der Waals surface area contributed by atoms with Crippen LogP contribution >= 0.6 is 0 Å². The fourth-order valence-corrected chi connectivity index (χ4v) is 20.9. The summed E-state index contributed by atoms with van der Waals surface area (Å²) in [5.41, 5.74) is 11.8. The number of aromatic hydroxyl groups is 2. The minimum atomic E-state index is -1.88. The van der Waals surface area contributed by atoms with Crippen LogP contribution < -0.4 is 26.6 Å². The molecule has 0 aliphatic rings. The van der Waals surface area contributed by atoms with Crippen LogP contribution in [0.4, 0.5) is 0 Å². The van der Waals surface area contributed by atoms with E-state index in [9.17, 15) is 9.59 Å². The summed E-state index contributed by atoms with van der Waals surface area (Å²) >= 11 is 0. The summed E-state index contributed by atoms with van der Waals surface area (Å²) in [5, 5.41) is 36.0. The van der Waals surface area contributed by atoms with E-state index in [2.05, 4.69) is 362 Å². The molecular formula is C110H178O14Si6. The number of aldehydes is 1. The maximum absolute atomic E-state index is 10.8. The Morgan fingerprint density at radius 2 is 0.477 bits per heavy atom.